The summed E-state index contributed by atoms with van der Waals surface area (Å²) >= 11 is 13.5. The molecule has 1 heterocycles. The van der Waals surface area contributed by atoms with E-state index in [1.165, 1.54) is 16.2 Å². The normalized spacial score (nSPS) is 13.3. The Kier molecular flexibility index (Phi) is 4.39. The number of nitrogens with zero attached hydrogens (tertiary/aromatic N) is 1. The molecule has 0 atom stereocenters. The van der Waals surface area contributed by atoms with Gasteiger partial charge >= 0.3 is 0 Å². The quantitative estimate of drug-likeness (QED) is 0.822. The highest BCUT2D eigenvalue weighted by molar-refractivity contribution is 7.16. The number of anilines is 1. The Morgan fingerprint density at radius 2 is 2.05 bits per heavy atom. The number of halogens is 2. The first kappa shape index (κ1) is 15.4. The second kappa shape index (κ2) is 6.29. The number of carbonyl (C=O) groups is 1. The molecule has 0 unspecified atom stereocenters. The van der Waals surface area contributed by atoms with Crippen LogP contribution in [-0.2, 0) is 12.8 Å². The third-order valence-corrected chi connectivity index (χ3v) is 5.73. The predicted octanol–water partition coefficient (Wildman–Crippen LogP) is 5.06. The van der Waals surface area contributed by atoms with Crippen molar-refractivity contribution in [3.05, 3.63) is 49.8 Å². The zero-order valence-electron chi connectivity index (χ0n) is 11.6. The summed E-state index contributed by atoms with van der Waals surface area (Å²) in [6.45, 7) is 0. The molecular formula is C16H12Cl2N2OS. The largest absolute Gasteiger partial charge is 0.312 e. The van der Waals surface area contributed by atoms with Gasteiger partial charge in [-0.05, 0) is 43.4 Å². The van der Waals surface area contributed by atoms with Crippen LogP contribution >= 0.6 is 34.5 Å². The first-order valence-corrected chi connectivity index (χ1v) is 8.49. The van der Waals surface area contributed by atoms with Crippen LogP contribution < -0.4 is 5.32 Å². The molecule has 0 bridgehead atoms. The Morgan fingerprint density at radius 1 is 1.27 bits per heavy atom. The lowest BCUT2D eigenvalue weighted by Gasteiger charge is -2.09. The predicted molar refractivity (Wildman–Crippen MR) is 90.1 cm³/mol. The molecule has 0 saturated carbocycles. The van der Waals surface area contributed by atoms with Crippen molar-refractivity contribution in [1.82, 2.24) is 0 Å². The number of benzene rings is 1. The molecule has 3 rings (SSSR count). The minimum absolute atomic E-state index is 0.224. The fraction of sp³-hybridized carbons (Fsp3) is 0.250. The molecule has 0 aliphatic heterocycles. The van der Waals surface area contributed by atoms with Crippen LogP contribution in [0.15, 0.2) is 18.2 Å². The average Bonchev–Trinajstić information content (AvgIpc) is 2.86. The van der Waals surface area contributed by atoms with Crippen LogP contribution in [0.1, 0.15) is 39.2 Å². The van der Waals surface area contributed by atoms with Crippen molar-refractivity contribution in [2.45, 2.75) is 25.7 Å². The number of hydrogen-bond acceptors (Lipinski definition) is 3. The number of carbonyl (C=O) groups excluding carboxylic acids is 1. The van der Waals surface area contributed by atoms with Crippen molar-refractivity contribution >= 4 is 45.4 Å². The van der Waals surface area contributed by atoms with Crippen LogP contribution in [0.3, 0.4) is 0 Å². The average molecular weight is 351 g/mol. The third-order valence-electron chi connectivity index (χ3n) is 3.71. The number of nitriles is 1. The highest BCUT2D eigenvalue weighted by atomic mass is 35.5. The van der Waals surface area contributed by atoms with Gasteiger partial charge in [0.05, 0.1) is 21.2 Å². The van der Waals surface area contributed by atoms with Crippen LogP contribution in [-0.4, -0.2) is 5.91 Å². The number of aryl methyl sites for hydroxylation is 1. The van der Waals surface area contributed by atoms with Gasteiger partial charge in [0.25, 0.3) is 5.91 Å². The lowest BCUT2D eigenvalue weighted by atomic mass is 9.96. The summed E-state index contributed by atoms with van der Waals surface area (Å²) in [7, 11) is 0. The molecule has 0 radical (unpaired) electrons. The molecule has 3 nitrogen and oxygen atoms in total. The van der Waals surface area contributed by atoms with Gasteiger partial charge in [-0.2, -0.15) is 5.26 Å². The number of thiophene rings is 1. The first-order valence-electron chi connectivity index (χ1n) is 6.92. The maximum atomic E-state index is 12.4. The second-order valence-corrected chi connectivity index (χ2v) is 6.97. The second-order valence-electron chi connectivity index (χ2n) is 5.08. The number of fused-ring (bicyclic) bond motifs is 1. The van der Waals surface area contributed by atoms with Gasteiger partial charge in [0.15, 0.2) is 0 Å². The van der Waals surface area contributed by atoms with Crippen molar-refractivity contribution in [3.63, 3.8) is 0 Å². The molecule has 22 heavy (non-hydrogen) atoms. The van der Waals surface area contributed by atoms with E-state index in [0.29, 0.717) is 21.2 Å². The van der Waals surface area contributed by atoms with Crippen LogP contribution in [0.2, 0.25) is 10.0 Å². The number of rotatable bonds is 2. The highest BCUT2D eigenvalue weighted by Gasteiger charge is 2.22. The van der Waals surface area contributed by atoms with Gasteiger partial charge in [-0.15, -0.1) is 11.3 Å². The standard InChI is InChI=1S/C16H12Cl2N2OS/c17-12-6-3-5-10(14(12)18)15(21)20-16-11(8-19)9-4-1-2-7-13(9)22-16/h3,5-6H,1-2,4,7H2,(H,20,21). The van der Waals surface area contributed by atoms with Gasteiger partial charge in [-0.3, -0.25) is 4.79 Å². The van der Waals surface area contributed by atoms with Gasteiger partial charge in [-0.1, -0.05) is 29.3 Å². The summed E-state index contributed by atoms with van der Waals surface area (Å²) in [5.74, 6) is -0.345. The van der Waals surface area contributed by atoms with Crippen molar-refractivity contribution in [2.24, 2.45) is 0 Å². The minimum atomic E-state index is -0.345. The summed E-state index contributed by atoms with van der Waals surface area (Å²) < 4.78 is 0. The SMILES string of the molecule is N#Cc1c(NC(=O)c2cccc(Cl)c2Cl)sc2c1CCCC2. The highest BCUT2D eigenvalue weighted by Crippen LogP contribution is 2.38. The molecular weight excluding hydrogens is 339 g/mol. The number of amides is 1. The van der Waals surface area contributed by atoms with E-state index in [0.717, 1.165) is 31.2 Å². The fourth-order valence-electron chi connectivity index (χ4n) is 2.62. The Hall–Kier alpha value is -1.54. The number of nitrogens with one attached hydrogen (secondary N) is 1. The smallest absolute Gasteiger partial charge is 0.257 e. The van der Waals surface area contributed by atoms with Crippen molar-refractivity contribution in [2.75, 3.05) is 5.32 Å². The van der Waals surface area contributed by atoms with E-state index in [1.54, 1.807) is 18.2 Å². The zero-order valence-corrected chi connectivity index (χ0v) is 13.9. The Bertz CT molecular complexity index is 792. The van der Waals surface area contributed by atoms with E-state index in [4.69, 9.17) is 23.2 Å². The Balaban J connectivity index is 1.93. The number of hydrogen-bond donors (Lipinski definition) is 1. The molecule has 0 fully saturated rings. The third kappa shape index (κ3) is 2.72. The molecule has 1 aliphatic carbocycles. The molecule has 2 aromatic rings. The topological polar surface area (TPSA) is 52.9 Å². The maximum Gasteiger partial charge on any atom is 0.257 e. The van der Waals surface area contributed by atoms with Crippen molar-refractivity contribution in [3.8, 4) is 6.07 Å². The van der Waals surface area contributed by atoms with Gasteiger partial charge in [-0.25, -0.2) is 0 Å². The van der Waals surface area contributed by atoms with Crippen molar-refractivity contribution < 1.29 is 4.79 Å². The van der Waals surface area contributed by atoms with Gasteiger partial charge in [0, 0.05) is 4.88 Å². The van der Waals surface area contributed by atoms with E-state index >= 15 is 0 Å². The van der Waals surface area contributed by atoms with Crippen LogP contribution in [0.4, 0.5) is 5.00 Å². The molecule has 112 valence electrons. The van der Waals surface area contributed by atoms with Gasteiger partial charge in [0.1, 0.15) is 11.1 Å². The minimum Gasteiger partial charge on any atom is -0.312 e. The van der Waals surface area contributed by atoms with Gasteiger partial charge < -0.3 is 5.32 Å². The maximum absolute atomic E-state index is 12.4. The molecule has 1 aromatic heterocycles. The lowest BCUT2D eigenvalue weighted by molar-refractivity contribution is 0.102. The Morgan fingerprint density at radius 3 is 2.82 bits per heavy atom. The van der Waals surface area contributed by atoms with Gasteiger partial charge in [0.2, 0.25) is 0 Å². The van der Waals surface area contributed by atoms with Crippen LogP contribution in [0, 0.1) is 11.3 Å². The summed E-state index contributed by atoms with van der Waals surface area (Å²) in [5, 5.41) is 13.4. The molecule has 1 N–H and O–H groups in total. The molecule has 0 saturated heterocycles. The molecule has 1 amide bonds. The van der Waals surface area contributed by atoms with E-state index in [1.807, 2.05) is 0 Å². The zero-order chi connectivity index (χ0) is 15.7. The first-order chi connectivity index (χ1) is 10.6. The van der Waals surface area contributed by atoms with E-state index in [2.05, 4.69) is 11.4 Å². The molecule has 0 spiro atoms. The monoisotopic (exact) mass is 350 g/mol. The van der Waals surface area contributed by atoms with Crippen LogP contribution in [0.25, 0.3) is 0 Å². The summed E-state index contributed by atoms with van der Waals surface area (Å²) in [6, 6.07) is 7.14. The summed E-state index contributed by atoms with van der Waals surface area (Å²) in [5.41, 5.74) is 1.99. The summed E-state index contributed by atoms with van der Waals surface area (Å²) in [4.78, 5) is 13.6. The summed E-state index contributed by atoms with van der Waals surface area (Å²) in [6.07, 6.45) is 4.10. The molecule has 6 heteroatoms. The Labute approximate surface area is 142 Å². The lowest BCUT2D eigenvalue weighted by Crippen LogP contribution is -2.12. The van der Waals surface area contributed by atoms with E-state index < -0.39 is 0 Å². The van der Waals surface area contributed by atoms with Crippen LogP contribution in [0.5, 0.6) is 0 Å². The molecule has 1 aliphatic rings. The van der Waals surface area contributed by atoms with E-state index in [-0.39, 0.29) is 10.9 Å². The fourth-order valence-corrected chi connectivity index (χ4v) is 4.24. The van der Waals surface area contributed by atoms with E-state index in [9.17, 15) is 10.1 Å². The molecule has 1 aromatic carbocycles. The van der Waals surface area contributed by atoms with Crippen molar-refractivity contribution in [1.29, 1.82) is 5.26 Å².